The van der Waals surface area contributed by atoms with Crippen molar-refractivity contribution in [3.63, 3.8) is 0 Å². The number of methoxy groups -OCH3 is 4. The Bertz CT molecular complexity index is 1750. The van der Waals surface area contributed by atoms with E-state index in [1.807, 2.05) is 0 Å². The first-order chi connectivity index (χ1) is 20.6. The van der Waals surface area contributed by atoms with Crippen molar-refractivity contribution in [1.29, 1.82) is 0 Å². The molecular formula is C32H30O11. The zero-order valence-corrected chi connectivity index (χ0v) is 24.4. The molecule has 4 aromatic rings. The van der Waals surface area contributed by atoms with Crippen molar-refractivity contribution >= 4 is 22.9 Å². The van der Waals surface area contributed by atoms with Crippen LogP contribution in [0.15, 0.2) is 69.9 Å². The molecule has 1 aromatic heterocycles. The molecule has 1 aliphatic rings. The number of fused-ring (bicyclic) bond motifs is 3. The monoisotopic (exact) mass is 590 g/mol. The lowest BCUT2D eigenvalue weighted by Crippen LogP contribution is -2.52. The zero-order chi connectivity index (χ0) is 30.9. The maximum atomic E-state index is 13.6. The molecule has 2 heterocycles. The molecule has 0 saturated heterocycles. The smallest absolute Gasteiger partial charge is 0.339 e. The fourth-order valence-corrected chi connectivity index (χ4v) is 4.97. The molecule has 0 radical (unpaired) electrons. The molecule has 0 saturated carbocycles. The summed E-state index contributed by atoms with van der Waals surface area (Å²) in [6, 6.07) is 15.4. The van der Waals surface area contributed by atoms with Gasteiger partial charge in [0.05, 0.1) is 45.1 Å². The predicted octanol–water partition coefficient (Wildman–Crippen LogP) is 5.12. The molecule has 2 atom stereocenters. The zero-order valence-electron chi connectivity index (χ0n) is 24.4. The molecule has 11 nitrogen and oxygen atoms in total. The summed E-state index contributed by atoms with van der Waals surface area (Å²) in [7, 11) is 5.86. The lowest BCUT2D eigenvalue weighted by Gasteiger charge is -2.43. The molecular weight excluding hydrogens is 560 g/mol. The second kappa shape index (κ2) is 11.6. The van der Waals surface area contributed by atoms with Crippen molar-refractivity contribution in [2.45, 2.75) is 31.7 Å². The summed E-state index contributed by atoms with van der Waals surface area (Å²) in [4.78, 5) is 39.5. The van der Waals surface area contributed by atoms with Gasteiger partial charge < -0.3 is 37.6 Å². The largest absolute Gasteiger partial charge is 0.493 e. The van der Waals surface area contributed by atoms with E-state index < -0.39 is 35.4 Å². The maximum absolute atomic E-state index is 13.6. The Labute approximate surface area is 246 Å². The van der Waals surface area contributed by atoms with E-state index in [-0.39, 0.29) is 22.3 Å². The van der Waals surface area contributed by atoms with Crippen LogP contribution in [0.25, 0.3) is 11.0 Å². The number of esters is 2. The molecule has 0 fully saturated rings. The second-order valence-electron chi connectivity index (χ2n) is 10.1. The lowest BCUT2D eigenvalue weighted by molar-refractivity contribution is -0.122. The Balaban J connectivity index is 1.61. The first-order valence-electron chi connectivity index (χ1n) is 13.2. The van der Waals surface area contributed by atoms with Crippen molar-refractivity contribution in [1.82, 2.24) is 0 Å². The lowest BCUT2D eigenvalue weighted by atomic mass is 9.87. The van der Waals surface area contributed by atoms with Gasteiger partial charge in [0.1, 0.15) is 16.9 Å². The number of hydrogen-bond acceptors (Lipinski definition) is 11. The third-order valence-electron chi connectivity index (χ3n) is 7.11. The Morgan fingerprint density at radius 2 is 1.23 bits per heavy atom. The topological polar surface area (TPSA) is 129 Å². The quantitative estimate of drug-likeness (QED) is 0.200. The van der Waals surface area contributed by atoms with Gasteiger partial charge in [-0.3, -0.25) is 0 Å². The van der Waals surface area contributed by atoms with Gasteiger partial charge in [-0.15, -0.1) is 0 Å². The molecule has 224 valence electrons. The van der Waals surface area contributed by atoms with Gasteiger partial charge in [-0.1, -0.05) is 0 Å². The van der Waals surface area contributed by atoms with Crippen LogP contribution in [0.5, 0.6) is 28.7 Å². The van der Waals surface area contributed by atoms with Gasteiger partial charge in [0.25, 0.3) is 0 Å². The molecule has 0 bridgehead atoms. The van der Waals surface area contributed by atoms with E-state index in [1.165, 1.54) is 58.8 Å². The van der Waals surface area contributed by atoms with Crippen LogP contribution >= 0.6 is 0 Å². The highest BCUT2D eigenvalue weighted by Gasteiger charge is 2.50. The molecule has 0 N–H and O–H groups in total. The molecule has 3 aromatic carbocycles. The summed E-state index contributed by atoms with van der Waals surface area (Å²) >= 11 is 0. The molecule has 0 amide bonds. The van der Waals surface area contributed by atoms with E-state index >= 15 is 0 Å². The minimum absolute atomic E-state index is 0.137. The molecule has 0 aliphatic carbocycles. The summed E-state index contributed by atoms with van der Waals surface area (Å²) in [5.41, 5.74) is -1.13. The van der Waals surface area contributed by atoms with Crippen molar-refractivity contribution < 1.29 is 47.2 Å². The van der Waals surface area contributed by atoms with E-state index in [0.29, 0.717) is 34.1 Å². The van der Waals surface area contributed by atoms with E-state index in [1.54, 1.807) is 44.2 Å². The first-order valence-corrected chi connectivity index (χ1v) is 13.2. The van der Waals surface area contributed by atoms with E-state index in [9.17, 15) is 14.4 Å². The van der Waals surface area contributed by atoms with Gasteiger partial charge >= 0.3 is 17.6 Å². The summed E-state index contributed by atoms with van der Waals surface area (Å²) in [5, 5.41) is 0.554. The molecule has 0 unspecified atom stereocenters. The number of carbonyl (C=O) groups is 2. The normalized spacial score (nSPS) is 16.8. The van der Waals surface area contributed by atoms with Crippen molar-refractivity contribution in [2.75, 3.05) is 28.4 Å². The average Bonchev–Trinajstić information content (AvgIpc) is 3.01. The van der Waals surface area contributed by atoms with Gasteiger partial charge in [0.15, 0.2) is 35.2 Å². The van der Waals surface area contributed by atoms with Crippen LogP contribution in [0.4, 0.5) is 0 Å². The van der Waals surface area contributed by atoms with E-state index in [2.05, 4.69) is 0 Å². The first kappa shape index (κ1) is 29.3. The highest BCUT2D eigenvalue weighted by molar-refractivity contribution is 5.92. The number of hydrogen-bond donors (Lipinski definition) is 0. The number of rotatable bonds is 8. The Morgan fingerprint density at radius 1 is 0.698 bits per heavy atom. The molecule has 11 heteroatoms. The van der Waals surface area contributed by atoms with Gasteiger partial charge in [-0.25, -0.2) is 14.4 Å². The SMILES string of the molecule is COc1ccc(C(=O)O[C@@H]2[C@@H](OC(=O)c3ccc(OC)c(OC)c3)c3c(ccc4ccc(=O)oc34)OC2(C)C)cc1OC. The standard InChI is InChI=1S/C32H30O11/c1-32(2)29(42-31(35)19-9-12-21(37-4)24(16-19)39-6)28(41-30(34)18-8-11-20(36-3)23(15-18)38-5)26-22(43-32)13-7-17-10-14-25(33)40-27(17)26/h7-16,28-29H,1-6H3/t28-,29+/m0/s1. The van der Waals surface area contributed by atoms with Crippen molar-refractivity contribution in [3.05, 3.63) is 87.8 Å². The van der Waals surface area contributed by atoms with Crippen LogP contribution < -0.4 is 29.3 Å². The minimum Gasteiger partial charge on any atom is -0.493 e. The van der Waals surface area contributed by atoms with Crippen LogP contribution in [0.3, 0.4) is 0 Å². The molecule has 1 aliphatic heterocycles. The number of carbonyl (C=O) groups excluding carboxylic acids is 2. The van der Waals surface area contributed by atoms with E-state index in [4.69, 9.17) is 37.6 Å². The fraction of sp³-hybridized carbons (Fsp3) is 0.281. The maximum Gasteiger partial charge on any atom is 0.339 e. The van der Waals surface area contributed by atoms with Crippen LogP contribution in [0.1, 0.15) is 46.2 Å². The fourth-order valence-electron chi connectivity index (χ4n) is 4.97. The van der Waals surface area contributed by atoms with Gasteiger partial charge in [0, 0.05) is 11.5 Å². The van der Waals surface area contributed by atoms with Crippen molar-refractivity contribution in [3.8, 4) is 28.7 Å². The average molecular weight is 591 g/mol. The number of ether oxygens (including phenoxy) is 7. The van der Waals surface area contributed by atoms with Crippen molar-refractivity contribution in [2.24, 2.45) is 0 Å². The number of benzene rings is 3. The van der Waals surface area contributed by atoms with Gasteiger partial charge in [-0.2, -0.15) is 0 Å². The van der Waals surface area contributed by atoms with Crippen LogP contribution in [0, 0.1) is 0 Å². The summed E-state index contributed by atoms with van der Waals surface area (Å²) in [6.07, 6.45) is -2.45. The Hall–Kier alpha value is -5.19. The second-order valence-corrected chi connectivity index (χ2v) is 10.1. The molecule has 5 rings (SSSR count). The third kappa shape index (κ3) is 5.53. The third-order valence-corrected chi connectivity index (χ3v) is 7.11. The van der Waals surface area contributed by atoms with Crippen LogP contribution in [-0.2, 0) is 9.47 Å². The van der Waals surface area contributed by atoms with Crippen LogP contribution in [-0.4, -0.2) is 52.1 Å². The summed E-state index contributed by atoms with van der Waals surface area (Å²) in [6.45, 7) is 3.40. The summed E-state index contributed by atoms with van der Waals surface area (Å²) < 4.78 is 45.2. The minimum atomic E-state index is -1.25. The van der Waals surface area contributed by atoms with Gasteiger partial charge in [-0.05, 0) is 68.4 Å². The Kier molecular flexibility index (Phi) is 7.90. The van der Waals surface area contributed by atoms with Gasteiger partial charge in [0.2, 0.25) is 0 Å². The highest BCUT2D eigenvalue weighted by Crippen LogP contribution is 2.47. The van der Waals surface area contributed by atoms with Crippen LogP contribution in [0.2, 0.25) is 0 Å². The highest BCUT2D eigenvalue weighted by atomic mass is 16.6. The Morgan fingerprint density at radius 3 is 1.79 bits per heavy atom. The predicted molar refractivity (Wildman–Crippen MR) is 154 cm³/mol. The molecule has 43 heavy (non-hydrogen) atoms. The van der Waals surface area contributed by atoms with E-state index in [0.717, 1.165) is 0 Å². The molecule has 0 spiro atoms. The summed E-state index contributed by atoms with van der Waals surface area (Å²) in [5.74, 6) is 0.305.